The van der Waals surface area contributed by atoms with Crippen LogP contribution in [0.25, 0.3) is 16.6 Å². The molecular weight excluding hydrogens is 392 g/mol. The molecule has 1 aromatic carbocycles. The number of hydrogen-bond acceptors (Lipinski definition) is 4. The number of ether oxygens (including phenoxy) is 1. The fourth-order valence-electron chi connectivity index (χ4n) is 4.46. The molecule has 7 nitrogen and oxygen atoms in total. The number of carbonyl (C=O) groups is 1. The Morgan fingerprint density at radius 3 is 2.55 bits per heavy atom. The van der Waals surface area contributed by atoms with E-state index in [1.54, 1.807) is 17.2 Å². The van der Waals surface area contributed by atoms with Gasteiger partial charge in [0.15, 0.2) is 0 Å². The van der Waals surface area contributed by atoms with Crippen LogP contribution < -0.4 is 5.56 Å². The highest BCUT2D eigenvalue weighted by Crippen LogP contribution is 2.30. The molecule has 1 fully saturated rings. The molecule has 1 aliphatic heterocycles. The van der Waals surface area contributed by atoms with Crippen molar-refractivity contribution < 1.29 is 9.53 Å². The van der Waals surface area contributed by atoms with E-state index in [-0.39, 0.29) is 17.7 Å². The summed E-state index contributed by atoms with van der Waals surface area (Å²) >= 11 is 0. The van der Waals surface area contributed by atoms with Crippen LogP contribution in [-0.2, 0) is 11.2 Å². The van der Waals surface area contributed by atoms with E-state index < -0.39 is 5.60 Å². The van der Waals surface area contributed by atoms with Gasteiger partial charge in [-0.1, -0.05) is 26.0 Å². The van der Waals surface area contributed by atoms with Gasteiger partial charge in [-0.25, -0.2) is 9.31 Å². The molecule has 4 rings (SSSR count). The molecule has 2 aromatic heterocycles. The average Bonchev–Trinajstić information content (AvgIpc) is 3.06. The fraction of sp³-hybridized carbons (Fsp3) is 0.542. The summed E-state index contributed by atoms with van der Waals surface area (Å²) in [5, 5.41) is 5.79. The van der Waals surface area contributed by atoms with E-state index >= 15 is 0 Å². The van der Waals surface area contributed by atoms with E-state index in [4.69, 9.17) is 9.84 Å². The highest BCUT2D eigenvalue weighted by atomic mass is 16.6. The van der Waals surface area contributed by atoms with Crippen LogP contribution in [0.3, 0.4) is 0 Å². The first-order valence-corrected chi connectivity index (χ1v) is 11.1. The van der Waals surface area contributed by atoms with Crippen LogP contribution in [0.4, 0.5) is 4.79 Å². The molecule has 0 N–H and O–H groups in total. The molecule has 0 aliphatic carbocycles. The Labute approximate surface area is 182 Å². The Morgan fingerprint density at radius 2 is 1.90 bits per heavy atom. The first-order valence-electron chi connectivity index (χ1n) is 11.1. The lowest BCUT2D eigenvalue weighted by atomic mass is 9.99. The number of aromatic nitrogens is 3. The van der Waals surface area contributed by atoms with Gasteiger partial charge in [0.25, 0.3) is 5.56 Å². The lowest BCUT2D eigenvalue weighted by Gasteiger charge is -2.34. The molecule has 1 amide bonds. The van der Waals surface area contributed by atoms with Crippen molar-refractivity contribution in [3.63, 3.8) is 0 Å². The fourth-order valence-corrected chi connectivity index (χ4v) is 4.46. The zero-order chi connectivity index (χ0) is 22.3. The van der Waals surface area contributed by atoms with E-state index in [1.165, 1.54) is 5.56 Å². The molecule has 1 saturated heterocycles. The number of fused-ring (bicyclic) bond motifs is 3. The predicted octanol–water partition coefficient (Wildman–Crippen LogP) is 4.42. The van der Waals surface area contributed by atoms with Gasteiger partial charge in [-0.3, -0.25) is 9.36 Å². The summed E-state index contributed by atoms with van der Waals surface area (Å²) in [6, 6.07) is 7.78. The molecule has 0 bridgehead atoms. The second kappa shape index (κ2) is 8.02. The molecule has 0 atom stereocenters. The number of amides is 1. The molecule has 166 valence electrons. The zero-order valence-electron chi connectivity index (χ0n) is 19.1. The van der Waals surface area contributed by atoms with Crippen LogP contribution in [0, 0.1) is 5.92 Å². The van der Waals surface area contributed by atoms with Crippen LogP contribution >= 0.6 is 0 Å². The summed E-state index contributed by atoms with van der Waals surface area (Å²) in [7, 11) is 0. The monoisotopic (exact) mass is 424 g/mol. The van der Waals surface area contributed by atoms with Gasteiger partial charge in [0, 0.05) is 36.8 Å². The number of nitrogens with zero attached hydrogens (tertiary/aromatic N) is 4. The minimum atomic E-state index is -0.514. The smallest absolute Gasteiger partial charge is 0.410 e. The molecule has 3 heterocycles. The minimum absolute atomic E-state index is 0.0156. The lowest BCUT2D eigenvalue weighted by molar-refractivity contribution is 0.0188. The van der Waals surface area contributed by atoms with Gasteiger partial charge >= 0.3 is 6.09 Å². The van der Waals surface area contributed by atoms with Gasteiger partial charge in [-0.05, 0) is 57.6 Å². The number of carbonyl (C=O) groups excluding carboxylic acids is 1. The highest BCUT2D eigenvalue weighted by molar-refractivity contribution is 5.95. The molecular formula is C24H32N4O3. The van der Waals surface area contributed by atoms with Crippen LogP contribution in [-0.4, -0.2) is 43.9 Å². The lowest BCUT2D eigenvalue weighted by Crippen LogP contribution is -2.43. The number of piperidine rings is 1. The van der Waals surface area contributed by atoms with Gasteiger partial charge in [0.1, 0.15) is 11.2 Å². The summed E-state index contributed by atoms with van der Waals surface area (Å²) in [5.74, 6) is 0.501. The normalized spacial score (nSPS) is 15.9. The van der Waals surface area contributed by atoms with Gasteiger partial charge in [0.05, 0.1) is 5.52 Å². The quantitative estimate of drug-likeness (QED) is 0.624. The maximum Gasteiger partial charge on any atom is 0.410 e. The summed E-state index contributed by atoms with van der Waals surface area (Å²) in [4.78, 5) is 27.2. The maximum atomic E-state index is 13.0. The Morgan fingerprint density at radius 1 is 1.19 bits per heavy atom. The van der Waals surface area contributed by atoms with Crippen molar-refractivity contribution in [2.75, 3.05) is 13.1 Å². The Kier molecular flexibility index (Phi) is 5.54. The van der Waals surface area contributed by atoms with Crippen LogP contribution in [0.15, 0.2) is 35.3 Å². The van der Waals surface area contributed by atoms with Gasteiger partial charge < -0.3 is 9.64 Å². The number of rotatable bonds is 3. The molecule has 31 heavy (non-hydrogen) atoms. The maximum absolute atomic E-state index is 13.0. The molecule has 0 unspecified atom stereocenters. The average molecular weight is 425 g/mol. The Hall–Kier alpha value is -2.83. The Balaban J connectivity index is 1.71. The second-order valence-electron chi connectivity index (χ2n) is 9.90. The number of benzene rings is 1. The standard InChI is InChI=1S/C24H32N4O3/c1-16(2)15-17-7-6-8-19-21(17)22-27(25-19)14-11-20(29)28(22)18-9-12-26(13-10-18)23(30)31-24(3,4)5/h6-8,11,14,16,18H,9-10,12-13,15H2,1-5H3. The second-order valence-corrected chi connectivity index (χ2v) is 9.90. The summed E-state index contributed by atoms with van der Waals surface area (Å²) in [6.45, 7) is 11.1. The number of likely N-dealkylation sites (tertiary alicyclic amines) is 1. The van der Waals surface area contributed by atoms with E-state index in [9.17, 15) is 9.59 Å². The van der Waals surface area contributed by atoms with Crippen molar-refractivity contribution in [1.82, 2.24) is 19.1 Å². The van der Waals surface area contributed by atoms with Crippen LogP contribution in [0.1, 0.15) is 59.1 Å². The van der Waals surface area contributed by atoms with Gasteiger partial charge in [-0.2, -0.15) is 5.10 Å². The van der Waals surface area contributed by atoms with Gasteiger partial charge in [-0.15, -0.1) is 0 Å². The van der Waals surface area contributed by atoms with E-state index in [0.717, 1.165) is 23.0 Å². The van der Waals surface area contributed by atoms with Crippen molar-refractivity contribution in [2.45, 2.75) is 65.5 Å². The molecule has 0 radical (unpaired) electrons. The van der Waals surface area contributed by atoms with Crippen molar-refractivity contribution in [1.29, 1.82) is 0 Å². The summed E-state index contributed by atoms with van der Waals surface area (Å²) < 4.78 is 9.24. The molecule has 1 aliphatic rings. The van der Waals surface area contributed by atoms with Crippen molar-refractivity contribution in [3.8, 4) is 0 Å². The first-order chi connectivity index (χ1) is 14.6. The van der Waals surface area contributed by atoms with E-state index in [2.05, 4.69) is 19.9 Å². The number of hydrogen-bond donors (Lipinski definition) is 0. The Bertz CT molecular complexity index is 1160. The summed E-state index contributed by atoms with van der Waals surface area (Å²) in [6.07, 6.45) is 3.81. The van der Waals surface area contributed by atoms with E-state index in [1.807, 2.05) is 42.0 Å². The zero-order valence-corrected chi connectivity index (χ0v) is 19.1. The van der Waals surface area contributed by atoms with E-state index in [0.29, 0.717) is 31.8 Å². The first kappa shape index (κ1) is 21.4. The van der Waals surface area contributed by atoms with Crippen molar-refractivity contribution >= 4 is 22.6 Å². The van der Waals surface area contributed by atoms with Crippen LogP contribution in [0.2, 0.25) is 0 Å². The third kappa shape index (κ3) is 4.31. The largest absolute Gasteiger partial charge is 0.444 e. The molecule has 0 spiro atoms. The highest BCUT2D eigenvalue weighted by Gasteiger charge is 2.29. The molecule has 0 saturated carbocycles. The topological polar surface area (TPSA) is 68.8 Å². The minimum Gasteiger partial charge on any atom is -0.444 e. The third-order valence-electron chi connectivity index (χ3n) is 5.72. The molecule has 7 heteroatoms. The SMILES string of the molecule is CC(C)Cc1cccc2nn3ccc(=O)n(C4CCN(C(=O)OC(C)(C)C)CC4)c3c12. The van der Waals surface area contributed by atoms with Gasteiger partial charge in [0.2, 0.25) is 0 Å². The van der Waals surface area contributed by atoms with Crippen molar-refractivity contribution in [3.05, 3.63) is 46.4 Å². The van der Waals surface area contributed by atoms with Crippen LogP contribution in [0.5, 0.6) is 0 Å². The molecule has 3 aromatic rings. The predicted molar refractivity (Wildman–Crippen MR) is 122 cm³/mol. The third-order valence-corrected chi connectivity index (χ3v) is 5.72. The van der Waals surface area contributed by atoms with Crippen molar-refractivity contribution in [2.24, 2.45) is 5.92 Å². The summed E-state index contributed by atoms with van der Waals surface area (Å²) in [5.41, 5.74) is 2.44.